The summed E-state index contributed by atoms with van der Waals surface area (Å²) in [6.07, 6.45) is 4.35. The molecule has 1 aliphatic heterocycles. The first-order chi connectivity index (χ1) is 11.7. The summed E-state index contributed by atoms with van der Waals surface area (Å²) >= 11 is 0. The molecule has 0 saturated heterocycles. The van der Waals surface area contributed by atoms with Gasteiger partial charge in [-0.1, -0.05) is 6.92 Å². The van der Waals surface area contributed by atoms with Gasteiger partial charge in [-0.2, -0.15) is 0 Å². The smallest absolute Gasteiger partial charge is 0.341 e. The van der Waals surface area contributed by atoms with E-state index in [0.717, 1.165) is 5.56 Å². The second kappa shape index (κ2) is 5.95. The van der Waals surface area contributed by atoms with Crippen LogP contribution >= 0.6 is 0 Å². The third-order valence-electron chi connectivity index (χ3n) is 4.18. The highest BCUT2D eigenvalue weighted by molar-refractivity contribution is 5.97. The molecule has 6 heteroatoms. The van der Waals surface area contributed by atoms with Crippen LogP contribution in [0.4, 0.5) is 0 Å². The van der Waals surface area contributed by atoms with Gasteiger partial charge in [-0.05, 0) is 44.9 Å². The number of benzene rings is 1. The number of fused-ring (bicyclic) bond motifs is 3. The maximum atomic E-state index is 12.0. The second-order valence-corrected chi connectivity index (χ2v) is 6.57. The van der Waals surface area contributed by atoms with Gasteiger partial charge in [-0.3, -0.25) is 0 Å². The van der Waals surface area contributed by atoms with E-state index < -0.39 is 23.8 Å². The van der Waals surface area contributed by atoms with E-state index in [9.17, 15) is 9.59 Å². The average Bonchev–Trinajstić information content (AvgIpc) is 2.53. The molecule has 2 aromatic rings. The molecule has 1 aliphatic rings. The minimum absolute atomic E-state index is 0.358. The van der Waals surface area contributed by atoms with Crippen LogP contribution in [0.5, 0.6) is 11.5 Å². The van der Waals surface area contributed by atoms with Crippen LogP contribution < -0.4 is 15.1 Å². The van der Waals surface area contributed by atoms with Crippen molar-refractivity contribution in [2.45, 2.75) is 39.7 Å². The summed E-state index contributed by atoms with van der Waals surface area (Å²) < 4.78 is 17.1. The molecule has 0 radical (unpaired) electrons. The van der Waals surface area contributed by atoms with Crippen LogP contribution in [0.15, 0.2) is 21.4 Å². The van der Waals surface area contributed by atoms with Gasteiger partial charge in [0.25, 0.3) is 0 Å². The topological polar surface area (TPSA) is 86.0 Å². The lowest BCUT2D eigenvalue weighted by Gasteiger charge is -2.30. The van der Waals surface area contributed by atoms with Crippen LogP contribution in [0.25, 0.3) is 17.0 Å². The zero-order valence-electron chi connectivity index (χ0n) is 14.6. The molecule has 0 aliphatic carbocycles. The van der Waals surface area contributed by atoms with Crippen molar-refractivity contribution >= 4 is 23.0 Å². The summed E-state index contributed by atoms with van der Waals surface area (Å²) in [5, 5.41) is 9.61. The largest absolute Gasteiger partial charge is 0.483 e. The molecule has 0 fully saturated rings. The Morgan fingerprint density at radius 2 is 2.08 bits per heavy atom. The first kappa shape index (κ1) is 17.1. The summed E-state index contributed by atoms with van der Waals surface area (Å²) in [6, 6.07) is 1.42. The molecule has 2 heterocycles. The van der Waals surface area contributed by atoms with E-state index in [1.165, 1.54) is 6.07 Å². The van der Waals surface area contributed by atoms with Crippen molar-refractivity contribution in [1.82, 2.24) is 0 Å². The lowest BCUT2D eigenvalue weighted by Crippen LogP contribution is -2.28. The summed E-state index contributed by atoms with van der Waals surface area (Å²) in [6.45, 7) is 7.06. The Bertz CT molecular complexity index is 949. The number of hydrogen-bond acceptors (Lipinski definition) is 5. The zero-order chi connectivity index (χ0) is 18.4. The molecule has 0 spiro atoms. The molecule has 1 aromatic carbocycles. The number of ether oxygens (including phenoxy) is 2. The summed E-state index contributed by atoms with van der Waals surface area (Å²) in [4.78, 5) is 23.0. The predicted octanol–water partition coefficient (Wildman–Crippen LogP) is 3.31. The Hall–Kier alpha value is -2.76. The van der Waals surface area contributed by atoms with Crippen molar-refractivity contribution < 1.29 is 23.8 Å². The number of hydrogen-bond donors (Lipinski definition) is 1. The van der Waals surface area contributed by atoms with Gasteiger partial charge in [0.2, 0.25) is 0 Å². The van der Waals surface area contributed by atoms with Crippen molar-refractivity contribution in [2.24, 2.45) is 0 Å². The molecule has 1 N–H and O–H groups in total. The predicted molar refractivity (Wildman–Crippen MR) is 93.5 cm³/mol. The Kier molecular flexibility index (Phi) is 4.06. The van der Waals surface area contributed by atoms with E-state index in [4.69, 9.17) is 19.0 Å². The number of aryl methyl sites for hydroxylation is 1. The van der Waals surface area contributed by atoms with Gasteiger partial charge in [-0.15, -0.1) is 0 Å². The second-order valence-electron chi connectivity index (χ2n) is 6.57. The normalized spacial score (nSPS) is 14.9. The maximum absolute atomic E-state index is 12.0. The Morgan fingerprint density at radius 3 is 2.72 bits per heavy atom. The number of carbonyl (C=O) groups is 1. The molecule has 0 unspecified atom stereocenters. The molecule has 0 bridgehead atoms. The third kappa shape index (κ3) is 2.99. The highest BCUT2D eigenvalue weighted by Gasteiger charge is 2.29. The van der Waals surface area contributed by atoms with Crippen LogP contribution in [0, 0.1) is 6.92 Å². The first-order valence-electron chi connectivity index (χ1n) is 8.09. The molecule has 3 rings (SSSR count). The van der Waals surface area contributed by atoms with E-state index in [1.54, 1.807) is 0 Å². The van der Waals surface area contributed by atoms with Crippen molar-refractivity contribution in [1.29, 1.82) is 0 Å². The Labute approximate surface area is 144 Å². The number of carboxylic acids is 1. The van der Waals surface area contributed by atoms with E-state index in [2.05, 4.69) is 0 Å². The van der Waals surface area contributed by atoms with Crippen molar-refractivity contribution in [2.75, 3.05) is 6.61 Å². The van der Waals surface area contributed by atoms with Crippen molar-refractivity contribution in [3.05, 3.63) is 39.3 Å². The van der Waals surface area contributed by atoms with Crippen molar-refractivity contribution in [3.8, 4) is 11.5 Å². The molecule has 0 saturated carbocycles. The third-order valence-corrected chi connectivity index (χ3v) is 4.18. The van der Waals surface area contributed by atoms with E-state index in [0.29, 0.717) is 40.0 Å². The molecular formula is C19H20O6. The van der Waals surface area contributed by atoms with Crippen LogP contribution in [0.2, 0.25) is 0 Å². The van der Waals surface area contributed by atoms with Crippen LogP contribution in [-0.2, 0) is 11.2 Å². The molecule has 1 aromatic heterocycles. The van der Waals surface area contributed by atoms with Gasteiger partial charge in [0.05, 0.1) is 10.9 Å². The Morgan fingerprint density at radius 1 is 1.36 bits per heavy atom. The van der Waals surface area contributed by atoms with Crippen LogP contribution in [-0.4, -0.2) is 23.3 Å². The first-order valence-corrected chi connectivity index (χ1v) is 8.09. The SMILES string of the molecule is CCc1cc(=O)oc2c3c(c(C)c(OCC(=O)O)c12)OC(C)(C)C=C3. The number of rotatable bonds is 4. The van der Waals surface area contributed by atoms with Crippen LogP contribution in [0.3, 0.4) is 0 Å². The summed E-state index contributed by atoms with van der Waals surface area (Å²) in [5.41, 5.74) is 1.47. The molecule has 25 heavy (non-hydrogen) atoms. The van der Waals surface area contributed by atoms with Gasteiger partial charge in [0, 0.05) is 11.6 Å². The maximum Gasteiger partial charge on any atom is 0.341 e. The highest BCUT2D eigenvalue weighted by atomic mass is 16.5. The van der Waals surface area contributed by atoms with Gasteiger partial charge >= 0.3 is 11.6 Å². The van der Waals surface area contributed by atoms with Gasteiger partial charge in [0.1, 0.15) is 17.1 Å². The number of carboxylic acid groups (broad SMARTS) is 1. The lowest BCUT2D eigenvalue weighted by atomic mass is 9.95. The molecular weight excluding hydrogens is 324 g/mol. The molecule has 0 amide bonds. The van der Waals surface area contributed by atoms with Gasteiger partial charge < -0.3 is 19.0 Å². The van der Waals surface area contributed by atoms with Crippen LogP contribution in [0.1, 0.15) is 37.5 Å². The fourth-order valence-corrected chi connectivity index (χ4v) is 3.03. The zero-order valence-corrected chi connectivity index (χ0v) is 14.6. The Balaban J connectivity index is 2.40. The summed E-state index contributed by atoms with van der Waals surface area (Å²) in [7, 11) is 0. The van der Waals surface area contributed by atoms with E-state index in [1.807, 2.05) is 39.8 Å². The molecule has 6 nitrogen and oxygen atoms in total. The standard InChI is InChI=1S/C19H20O6/c1-5-11-8-14(22)24-18-12-6-7-19(3,4)25-16(12)10(2)17(15(11)18)23-9-13(20)21/h6-8H,5,9H2,1-4H3,(H,20,21). The van der Waals surface area contributed by atoms with Crippen molar-refractivity contribution in [3.63, 3.8) is 0 Å². The van der Waals surface area contributed by atoms with E-state index >= 15 is 0 Å². The lowest BCUT2D eigenvalue weighted by molar-refractivity contribution is -0.139. The molecule has 0 atom stereocenters. The summed E-state index contributed by atoms with van der Waals surface area (Å²) in [5.74, 6) is -0.165. The van der Waals surface area contributed by atoms with Gasteiger partial charge in [-0.25, -0.2) is 9.59 Å². The average molecular weight is 344 g/mol. The minimum atomic E-state index is -1.08. The quantitative estimate of drug-likeness (QED) is 0.857. The minimum Gasteiger partial charge on any atom is -0.483 e. The molecule has 132 valence electrons. The fourth-order valence-electron chi connectivity index (χ4n) is 3.03. The monoisotopic (exact) mass is 344 g/mol. The highest BCUT2D eigenvalue weighted by Crippen LogP contribution is 2.45. The fraction of sp³-hybridized carbons (Fsp3) is 0.368. The van der Waals surface area contributed by atoms with Gasteiger partial charge in [0.15, 0.2) is 12.2 Å². The van der Waals surface area contributed by atoms with E-state index in [-0.39, 0.29) is 0 Å². The number of aliphatic carboxylic acids is 1.